The van der Waals surface area contributed by atoms with E-state index in [0.717, 1.165) is 0 Å². The van der Waals surface area contributed by atoms with Crippen LogP contribution in [0.25, 0.3) is 0 Å². The van der Waals surface area contributed by atoms with Crippen molar-refractivity contribution in [1.29, 1.82) is 0 Å². The molecule has 0 atom stereocenters. The number of hydrogen-bond donors (Lipinski definition) is 2. The van der Waals surface area contributed by atoms with Crippen molar-refractivity contribution in [3.63, 3.8) is 0 Å². The van der Waals surface area contributed by atoms with Crippen LogP contribution in [0.2, 0.25) is 0 Å². The van der Waals surface area contributed by atoms with Gasteiger partial charge < -0.3 is 20.1 Å². The second-order valence-electron chi connectivity index (χ2n) is 6.58. The first-order valence-electron chi connectivity index (χ1n) is 7.65. The summed E-state index contributed by atoms with van der Waals surface area (Å²) >= 11 is 0. The molecule has 24 heavy (non-hydrogen) atoms. The van der Waals surface area contributed by atoms with E-state index >= 15 is 0 Å². The van der Waals surface area contributed by atoms with Gasteiger partial charge in [0.15, 0.2) is 11.5 Å². The highest BCUT2D eigenvalue weighted by Gasteiger charge is 2.17. The molecule has 2 N–H and O–H groups in total. The number of nitrogens with zero attached hydrogens (tertiary/aromatic N) is 2. The molecular formula is C17H20N4O3. The standard InChI is InChI=1S/C17H20N4O3/c1-10-18-12(8-15(19-10)21-17(2,3)4)16(22)20-11-5-6-13-14(7-11)24-9-23-13/h5-8H,9H2,1-4H3,(H,20,22)(H,18,19,21). The van der Waals surface area contributed by atoms with E-state index in [1.54, 1.807) is 31.2 Å². The molecule has 7 nitrogen and oxygen atoms in total. The summed E-state index contributed by atoms with van der Waals surface area (Å²) in [6.45, 7) is 8.02. The lowest BCUT2D eigenvalue weighted by Gasteiger charge is -2.21. The molecule has 2 aromatic rings. The Labute approximate surface area is 140 Å². The number of fused-ring (bicyclic) bond motifs is 1. The molecule has 1 aliphatic rings. The fourth-order valence-corrected chi connectivity index (χ4v) is 2.30. The van der Waals surface area contributed by atoms with Gasteiger partial charge in [-0.1, -0.05) is 0 Å². The van der Waals surface area contributed by atoms with E-state index in [9.17, 15) is 4.79 Å². The molecule has 0 saturated carbocycles. The molecule has 1 aliphatic heterocycles. The van der Waals surface area contributed by atoms with Gasteiger partial charge in [-0.05, 0) is 39.8 Å². The van der Waals surface area contributed by atoms with Crippen molar-refractivity contribution in [2.75, 3.05) is 17.4 Å². The summed E-state index contributed by atoms with van der Waals surface area (Å²) in [6.07, 6.45) is 0. The smallest absolute Gasteiger partial charge is 0.274 e. The molecule has 1 aromatic carbocycles. The van der Waals surface area contributed by atoms with E-state index < -0.39 is 0 Å². The molecule has 0 radical (unpaired) electrons. The molecular weight excluding hydrogens is 308 g/mol. The predicted octanol–water partition coefficient (Wildman–Crippen LogP) is 2.98. The van der Waals surface area contributed by atoms with Crippen LogP contribution in [-0.2, 0) is 0 Å². The summed E-state index contributed by atoms with van der Waals surface area (Å²) in [5, 5.41) is 6.06. The Morgan fingerprint density at radius 2 is 1.88 bits per heavy atom. The van der Waals surface area contributed by atoms with Crippen LogP contribution in [0.4, 0.5) is 11.5 Å². The average molecular weight is 328 g/mol. The molecule has 126 valence electrons. The molecule has 7 heteroatoms. The number of aryl methyl sites for hydroxylation is 1. The largest absolute Gasteiger partial charge is 0.454 e. The van der Waals surface area contributed by atoms with Gasteiger partial charge in [0.25, 0.3) is 5.91 Å². The summed E-state index contributed by atoms with van der Waals surface area (Å²) in [5.74, 6) is 2.12. The fraction of sp³-hybridized carbons (Fsp3) is 0.353. The van der Waals surface area contributed by atoms with E-state index in [1.807, 2.05) is 20.8 Å². The van der Waals surface area contributed by atoms with Gasteiger partial charge in [-0.2, -0.15) is 0 Å². The molecule has 0 fully saturated rings. The number of hydrogen-bond acceptors (Lipinski definition) is 6. The molecule has 1 amide bonds. The van der Waals surface area contributed by atoms with E-state index in [2.05, 4.69) is 20.6 Å². The lowest BCUT2D eigenvalue weighted by Crippen LogP contribution is -2.27. The number of nitrogens with one attached hydrogen (secondary N) is 2. The monoisotopic (exact) mass is 328 g/mol. The van der Waals surface area contributed by atoms with Crippen LogP contribution in [0.1, 0.15) is 37.1 Å². The Morgan fingerprint density at radius 3 is 2.62 bits per heavy atom. The van der Waals surface area contributed by atoms with E-state index in [4.69, 9.17) is 9.47 Å². The first-order chi connectivity index (χ1) is 11.3. The van der Waals surface area contributed by atoms with Gasteiger partial charge >= 0.3 is 0 Å². The minimum atomic E-state index is -0.309. The third-order valence-electron chi connectivity index (χ3n) is 3.20. The normalized spacial score (nSPS) is 12.8. The maximum absolute atomic E-state index is 12.5. The Hall–Kier alpha value is -2.83. The second kappa shape index (κ2) is 5.99. The van der Waals surface area contributed by atoms with Crippen LogP contribution >= 0.6 is 0 Å². The highest BCUT2D eigenvalue weighted by Crippen LogP contribution is 2.34. The minimum absolute atomic E-state index is 0.161. The molecule has 0 saturated heterocycles. The van der Waals surface area contributed by atoms with Gasteiger partial charge in [-0.3, -0.25) is 4.79 Å². The van der Waals surface area contributed by atoms with Crippen molar-refractivity contribution < 1.29 is 14.3 Å². The number of rotatable bonds is 3. The number of carbonyl (C=O) groups is 1. The second-order valence-corrected chi connectivity index (χ2v) is 6.58. The van der Waals surface area contributed by atoms with Gasteiger partial charge in [0.2, 0.25) is 6.79 Å². The maximum atomic E-state index is 12.5. The number of carbonyl (C=O) groups excluding carboxylic acids is 1. The summed E-state index contributed by atoms with van der Waals surface area (Å²) in [4.78, 5) is 21.0. The molecule has 1 aromatic heterocycles. The first-order valence-corrected chi connectivity index (χ1v) is 7.65. The molecule has 0 unspecified atom stereocenters. The Kier molecular flexibility index (Phi) is 4.01. The Morgan fingerprint density at radius 1 is 1.12 bits per heavy atom. The molecule has 2 heterocycles. The highest BCUT2D eigenvalue weighted by molar-refractivity contribution is 6.03. The van der Waals surface area contributed by atoms with Crippen molar-refractivity contribution >= 4 is 17.4 Å². The average Bonchev–Trinajstić information content (AvgIpc) is 2.92. The highest BCUT2D eigenvalue weighted by atomic mass is 16.7. The summed E-state index contributed by atoms with van der Waals surface area (Å²) in [7, 11) is 0. The van der Waals surface area contributed by atoms with Crippen LogP contribution < -0.4 is 20.1 Å². The van der Waals surface area contributed by atoms with Crippen molar-refractivity contribution in [2.45, 2.75) is 33.2 Å². The van der Waals surface area contributed by atoms with Crippen LogP contribution in [0.3, 0.4) is 0 Å². The molecule has 0 bridgehead atoms. The molecule has 0 spiro atoms. The summed E-state index contributed by atoms with van der Waals surface area (Å²) < 4.78 is 10.6. The maximum Gasteiger partial charge on any atom is 0.274 e. The van der Waals surface area contributed by atoms with Gasteiger partial charge in [-0.25, -0.2) is 9.97 Å². The van der Waals surface area contributed by atoms with Gasteiger partial charge in [0.1, 0.15) is 17.3 Å². The SMILES string of the molecule is Cc1nc(NC(C)(C)C)cc(C(=O)Nc2ccc3c(c2)OCO3)n1. The van der Waals surface area contributed by atoms with E-state index in [-0.39, 0.29) is 18.2 Å². The number of ether oxygens (including phenoxy) is 2. The van der Waals surface area contributed by atoms with Crippen molar-refractivity contribution in [1.82, 2.24) is 9.97 Å². The zero-order valence-electron chi connectivity index (χ0n) is 14.1. The molecule has 3 rings (SSSR count). The van der Waals surface area contributed by atoms with Crippen LogP contribution in [0, 0.1) is 6.92 Å². The lowest BCUT2D eigenvalue weighted by molar-refractivity contribution is 0.102. The summed E-state index contributed by atoms with van der Waals surface area (Å²) in [6, 6.07) is 6.88. The van der Waals surface area contributed by atoms with Gasteiger partial charge in [0, 0.05) is 23.4 Å². The van der Waals surface area contributed by atoms with E-state index in [0.29, 0.717) is 34.5 Å². The minimum Gasteiger partial charge on any atom is -0.454 e. The quantitative estimate of drug-likeness (QED) is 0.901. The number of amides is 1. The Balaban J connectivity index is 1.79. The summed E-state index contributed by atoms with van der Waals surface area (Å²) in [5.41, 5.74) is 0.754. The third-order valence-corrected chi connectivity index (χ3v) is 3.20. The van der Waals surface area contributed by atoms with Crippen LogP contribution in [0.15, 0.2) is 24.3 Å². The topological polar surface area (TPSA) is 85.4 Å². The first kappa shape index (κ1) is 16.0. The molecule has 0 aliphatic carbocycles. The van der Waals surface area contributed by atoms with Gasteiger partial charge in [0.05, 0.1) is 0 Å². The van der Waals surface area contributed by atoms with Crippen molar-refractivity contribution in [3.05, 3.63) is 35.8 Å². The fourth-order valence-electron chi connectivity index (χ4n) is 2.30. The third kappa shape index (κ3) is 3.73. The van der Waals surface area contributed by atoms with Gasteiger partial charge in [-0.15, -0.1) is 0 Å². The number of anilines is 2. The van der Waals surface area contributed by atoms with Crippen molar-refractivity contribution in [2.24, 2.45) is 0 Å². The lowest BCUT2D eigenvalue weighted by atomic mass is 10.1. The van der Waals surface area contributed by atoms with Crippen LogP contribution in [-0.4, -0.2) is 28.2 Å². The zero-order valence-corrected chi connectivity index (χ0v) is 14.1. The van der Waals surface area contributed by atoms with E-state index in [1.165, 1.54) is 0 Å². The Bertz CT molecular complexity index is 784. The van der Waals surface area contributed by atoms with Crippen molar-refractivity contribution in [3.8, 4) is 11.5 Å². The zero-order chi connectivity index (χ0) is 17.3. The number of benzene rings is 1. The predicted molar refractivity (Wildman–Crippen MR) is 90.7 cm³/mol. The van der Waals surface area contributed by atoms with Crippen LogP contribution in [0.5, 0.6) is 11.5 Å². The number of aromatic nitrogens is 2.